The number of furan rings is 1. The van der Waals surface area contributed by atoms with Crippen molar-refractivity contribution in [2.24, 2.45) is 12.0 Å². The molecule has 2 aromatic heterocycles. The Labute approximate surface area is 163 Å². The molecule has 0 bridgehead atoms. The molecule has 6 nitrogen and oxygen atoms in total. The number of hydrogen-bond acceptors (Lipinski definition) is 3. The normalized spacial score (nSPS) is 17.7. The Morgan fingerprint density at radius 2 is 2.38 bits per heavy atom. The molecule has 1 aliphatic heterocycles. The van der Waals surface area contributed by atoms with E-state index in [-0.39, 0.29) is 6.10 Å². The highest BCUT2D eigenvalue weighted by molar-refractivity contribution is 9.10. The molecule has 0 aliphatic carbocycles. The van der Waals surface area contributed by atoms with Gasteiger partial charge in [0.2, 0.25) is 0 Å². The van der Waals surface area contributed by atoms with Crippen molar-refractivity contribution >= 4 is 21.9 Å². The van der Waals surface area contributed by atoms with E-state index >= 15 is 0 Å². The van der Waals surface area contributed by atoms with Crippen LogP contribution in [-0.2, 0) is 24.8 Å². The van der Waals surface area contributed by atoms with Crippen LogP contribution in [0.2, 0.25) is 0 Å². The fraction of sp³-hybridized carbons (Fsp3) is 0.526. The number of aryl methyl sites for hydroxylation is 1. The van der Waals surface area contributed by atoms with Gasteiger partial charge in [-0.3, -0.25) is 4.99 Å². The molecule has 1 unspecified atom stereocenters. The molecule has 0 radical (unpaired) electrons. The fourth-order valence-electron chi connectivity index (χ4n) is 3.08. The van der Waals surface area contributed by atoms with Crippen molar-refractivity contribution in [2.75, 3.05) is 26.7 Å². The smallest absolute Gasteiger partial charge is 0.194 e. The highest BCUT2D eigenvalue weighted by Crippen LogP contribution is 2.15. The minimum atomic E-state index is 0.245. The van der Waals surface area contributed by atoms with Gasteiger partial charge in [0.05, 0.1) is 25.5 Å². The van der Waals surface area contributed by atoms with E-state index in [0.717, 1.165) is 55.2 Å². The van der Waals surface area contributed by atoms with E-state index in [1.807, 2.05) is 12.1 Å². The van der Waals surface area contributed by atoms with Crippen molar-refractivity contribution in [1.82, 2.24) is 14.8 Å². The topological polar surface area (TPSA) is 54.9 Å². The maximum Gasteiger partial charge on any atom is 0.194 e. The summed E-state index contributed by atoms with van der Waals surface area (Å²) in [5, 5.41) is 3.47. The van der Waals surface area contributed by atoms with Crippen molar-refractivity contribution in [2.45, 2.75) is 31.9 Å². The average molecular weight is 423 g/mol. The molecule has 1 saturated heterocycles. The van der Waals surface area contributed by atoms with Crippen LogP contribution in [-0.4, -0.2) is 48.3 Å². The van der Waals surface area contributed by atoms with Crippen molar-refractivity contribution in [3.05, 3.63) is 46.6 Å². The summed E-state index contributed by atoms with van der Waals surface area (Å²) >= 11 is 3.54. The highest BCUT2D eigenvalue weighted by atomic mass is 79.9. The maximum atomic E-state index is 5.71. The number of rotatable bonds is 7. The molecule has 1 aliphatic rings. The summed E-state index contributed by atoms with van der Waals surface area (Å²) in [4.78, 5) is 6.96. The second kappa shape index (κ2) is 9.28. The Morgan fingerprint density at radius 1 is 1.50 bits per heavy atom. The van der Waals surface area contributed by atoms with Crippen LogP contribution in [0.25, 0.3) is 0 Å². The van der Waals surface area contributed by atoms with Crippen LogP contribution in [0.5, 0.6) is 0 Å². The molecule has 1 fully saturated rings. The van der Waals surface area contributed by atoms with Gasteiger partial charge in [-0.05, 0) is 47.0 Å². The van der Waals surface area contributed by atoms with Gasteiger partial charge in [0.25, 0.3) is 0 Å². The lowest BCUT2D eigenvalue weighted by atomic mass is 10.2. The average Bonchev–Trinajstić information content (AvgIpc) is 3.34. The number of aliphatic imine (C=N–C) groups is 1. The van der Waals surface area contributed by atoms with Gasteiger partial charge in [-0.25, -0.2) is 0 Å². The Kier molecular flexibility index (Phi) is 6.80. The first kappa shape index (κ1) is 19.0. The van der Waals surface area contributed by atoms with Gasteiger partial charge in [-0.15, -0.1) is 0 Å². The van der Waals surface area contributed by atoms with Crippen molar-refractivity contribution in [1.29, 1.82) is 0 Å². The van der Waals surface area contributed by atoms with Gasteiger partial charge in [0, 0.05) is 50.0 Å². The summed E-state index contributed by atoms with van der Waals surface area (Å²) < 4.78 is 14.3. The molecule has 0 saturated carbocycles. The van der Waals surface area contributed by atoms with Crippen molar-refractivity contribution in [3.8, 4) is 0 Å². The van der Waals surface area contributed by atoms with Crippen LogP contribution in [0, 0.1) is 0 Å². The Balaban J connectivity index is 1.61. The third-order valence-corrected chi connectivity index (χ3v) is 4.97. The first-order chi connectivity index (χ1) is 12.6. The Hall–Kier alpha value is -1.73. The standard InChI is InChI=1S/C19H27BrN4O2/c1-23-13-15(20)11-16(23)14-24(2)19(22-12-18-6-4-10-26-18)21-8-7-17-5-3-9-25-17/h3,5,9,11,13,18H,4,6-8,10,12,14H2,1-2H3,(H,21,22). The molecule has 0 spiro atoms. The molecular formula is C19H27BrN4O2. The summed E-state index contributed by atoms with van der Waals surface area (Å²) in [6, 6.07) is 6.05. The van der Waals surface area contributed by atoms with Gasteiger partial charge in [0.1, 0.15) is 5.76 Å². The summed E-state index contributed by atoms with van der Waals surface area (Å²) in [5.74, 6) is 1.87. The highest BCUT2D eigenvalue weighted by Gasteiger charge is 2.16. The lowest BCUT2D eigenvalue weighted by Gasteiger charge is -2.23. The minimum Gasteiger partial charge on any atom is -0.469 e. The van der Waals surface area contributed by atoms with Gasteiger partial charge < -0.3 is 23.9 Å². The molecule has 0 aromatic carbocycles. The van der Waals surface area contributed by atoms with Gasteiger partial charge >= 0.3 is 0 Å². The van der Waals surface area contributed by atoms with Crippen LogP contribution >= 0.6 is 15.9 Å². The SMILES string of the molecule is CN(Cc1cc(Br)cn1C)C(=NCC1CCCO1)NCCc1ccco1. The zero-order valence-electron chi connectivity index (χ0n) is 15.4. The fourth-order valence-corrected chi connectivity index (χ4v) is 3.65. The number of hydrogen-bond donors (Lipinski definition) is 1. The number of aromatic nitrogens is 1. The summed E-state index contributed by atoms with van der Waals surface area (Å²) in [5.41, 5.74) is 1.22. The second-order valence-corrected chi connectivity index (χ2v) is 7.59. The van der Waals surface area contributed by atoms with E-state index in [1.54, 1.807) is 6.26 Å². The predicted octanol–water partition coefficient (Wildman–Crippen LogP) is 3.18. The van der Waals surface area contributed by atoms with Crippen LogP contribution < -0.4 is 5.32 Å². The van der Waals surface area contributed by atoms with E-state index in [2.05, 4.69) is 57.1 Å². The largest absolute Gasteiger partial charge is 0.469 e. The summed E-state index contributed by atoms with van der Waals surface area (Å²) in [6.07, 6.45) is 7.08. The third-order valence-electron chi connectivity index (χ3n) is 4.54. The lowest BCUT2D eigenvalue weighted by molar-refractivity contribution is 0.117. The number of nitrogens with zero attached hydrogens (tertiary/aromatic N) is 3. The first-order valence-corrected chi connectivity index (χ1v) is 9.85. The molecule has 1 N–H and O–H groups in total. The number of ether oxygens (including phenoxy) is 1. The van der Waals surface area contributed by atoms with Crippen LogP contribution in [0.4, 0.5) is 0 Å². The number of nitrogens with one attached hydrogen (secondary N) is 1. The van der Waals surface area contributed by atoms with Crippen LogP contribution in [0.3, 0.4) is 0 Å². The molecular weight excluding hydrogens is 396 g/mol. The van der Waals surface area contributed by atoms with E-state index < -0.39 is 0 Å². The Morgan fingerprint density at radius 3 is 3.04 bits per heavy atom. The first-order valence-electron chi connectivity index (χ1n) is 9.06. The molecule has 3 rings (SSSR count). The number of guanidine groups is 1. The summed E-state index contributed by atoms with van der Waals surface area (Å²) in [7, 11) is 4.12. The van der Waals surface area contributed by atoms with Gasteiger partial charge in [-0.2, -0.15) is 0 Å². The van der Waals surface area contributed by atoms with Crippen LogP contribution in [0.15, 0.2) is 44.5 Å². The number of halogens is 1. The molecule has 142 valence electrons. The van der Waals surface area contributed by atoms with E-state index in [0.29, 0.717) is 6.54 Å². The molecule has 3 heterocycles. The van der Waals surface area contributed by atoms with Gasteiger partial charge in [0.15, 0.2) is 5.96 Å². The maximum absolute atomic E-state index is 5.71. The zero-order chi connectivity index (χ0) is 18.4. The molecule has 26 heavy (non-hydrogen) atoms. The lowest BCUT2D eigenvalue weighted by Crippen LogP contribution is -2.40. The molecule has 2 aromatic rings. The monoisotopic (exact) mass is 422 g/mol. The van der Waals surface area contributed by atoms with E-state index in [9.17, 15) is 0 Å². The molecule has 1 atom stereocenters. The van der Waals surface area contributed by atoms with E-state index in [1.165, 1.54) is 5.69 Å². The van der Waals surface area contributed by atoms with Crippen molar-refractivity contribution in [3.63, 3.8) is 0 Å². The van der Waals surface area contributed by atoms with E-state index in [4.69, 9.17) is 14.1 Å². The zero-order valence-corrected chi connectivity index (χ0v) is 17.0. The summed E-state index contributed by atoms with van der Waals surface area (Å²) in [6.45, 7) is 3.11. The second-order valence-electron chi connectivity index (χ2n) is 6.67. The van der Waals surface area contributed by atoms with Crippen molar-refractivity contribution < 1.29 is 9.15 Å². The predicted molar refractivity (Wildman–Crippen MR) is 106 cm³/mol. The third kappa shape index (κ3) is 5.38. The Bertz CT molecular complexity index is 705. The quantitative estimate of drug-likeness (QED) is 0.549. The minimum absolute atomic E-state index is 0.245. The molecule has 0 amide bonds. The molecule has 7 heteroatoms. The van der Waals surface area contributed by atoms with Crippen LogP contribution in [0.1, 0.15) is 24.3 Å². The van der Waals surface area contributed by atoms with Gasteiger partial charge in [-0.1, -0.05) is 0 Å².